The molecule has 0 unspecified atom stereocenters. The summed E-state index contributed by atoms with van der Waals surface area (Å²) in [5.74, 6) is 0.147. The fourth-order valence-corrected chi connectivity index (χ4v) is 4.14. The molecule has 0 saturated carbocycles. The third-order valence-corrected chi connectivity index (χ3v) is 5.85. The lowest BCUT2D eigenvalue weighted by molar-refractivity contribution is -0.110. The Kier molecular flexibility index (Phi) is 4.67. The van der Waals surface area contributed by atoms with Crippen LogP contribution in [-0.2, 0) is 4.79 Å². The van der Waals surface area contributed by atoms with Crippen LogP contribution in [0.15, 0.2) is 71.5 Å². The maximum Gasteiger partial charge on any atom is 0.266 e. The van der Waals surface area contributed by atoms with Crippen LogP contribution in [0, 0.1) is 3.57 Å². The second-order valence-electron chi connectivity index (χ2n) is 6.81. The van der Waals surface area contributed by atoms with Crippen molar-refractivity contribution in [3.05, 3.63) is 97.1 Å². The van der Waals surface area contributed by atoms with Crippen LogP contribution in [0.25, 0.3) is 28.2 Å². The molecule has 7 heteroatoms. The van der Waals surface area contributed by atoms with Crippen molar-refractivity contribution in [2.24, 2.45) is 0 Å². The number of hydrogen-bond donors (Lipinski definition) is 1. The van der Waals surface area contributed by atoms with Gasteiger partial charge in [-0.1, -0.05) is 29.8 Å². The Balaban J connectivity index is 1.82. The minimum absolute atomic E-state index is 0.209. The van der Waals surface area contributed by atoms with E-state index in [1.54, 1.807) is 30.3 Å². The zero-order chi connectivity index (χ0) is 20.8. The molecule has 0 spiro atoms. The zero-order valence-corrected chi connectivity index (χ0v) is 18.3. The number of hydrogen-bond acceptors (Lipinski definition) is 3. The number of benzene rings is 3. The van der Waals surface area contributed by atoms with Crippen LogP contribution in [0.4, 0.5) is 5.69 Å². The molecule has 4 aromatic rings. The zero-order valence-electron chi connectivity index (χ0n) is 15.4. The smallest absolute Gasteiger partial charge is 0.266 e. The van der Waals surface area contributed by atoms with Crippen molar-refractivity contribution in [1.29, 1.82) is 0 Å². The molecule has 0 aliphatic carbocycles. The van der Waals surface area contributed by atoms with E-state index in [-0.39, 0.29) is 11.5 Å². The molecule has 3 aromatic carbocycles. The molecule has 1 N–H and O–H groups in total. The molecule has 0 saturated heterocycles. The molecular formula is C23H13ClIN3O2. The van der Waals surface area contributed by atoms with E-state index in [1.807, 2.05) is 42.5 Å². The van der Waals surface area contributed by atoms with Crippen molar-refractivity contribution in [2.75, 3.05) is 5.32 Å². The van der Waals surface area contributed by atoms with Crippen LogP contribution in [-0.4, -0.2) is 15.5 Å². The Morgan fingerprint density at radius 2 is 1.77 bits per heavy atom. The molecule has 0 radical (unpaired) electrons. The first-order valence-electron chi connectivity index (χ1n) is 9.12. The summed E-state index contributed by atoms with van der Waals surface area (Å²) in [6.45, 7) is 0. The van der Waals surface area contributed by atoms with E-state index in [9.17, 15) is 9.59 Å². The van der Waals surface area contributed by atoms with Crippen molar-refractivity contribution in [2.45, 2.75) is 0 Å². The van der Waals surface area contributed by atoms with Gasteiger partial charge in [0, 0.05) is 19.8 Å². The van der Waals surface area contributed by atoms with Crippen LogP contribution in [0.3, 0.4) is 0 Å². The Morgan fingerprint density at radius 1 is 1.00 bits per heavy atom. The van der Waals surface area contributed by atoms with Crippen molar-refractivity contribution >= 4 is 68.3 Å². The Bertz CT molecular complexity index is 1430. The standard InChI is InChI=1S/C23H13ClIN3O2/c24-13-5-8-15(9-6-13)28-21(26-20-10-7-14(25)11-18(20)23(28)30)12-17-16-3-1-2-4-19(16)27-22(17)29/h1-12H,(H,27,29)/b17-12-. The van der Waals surface area contributed by atoms with Gasteiger partial charge < -0.3 is 5.32 Å². The first kappa shape index (κ1) is 19.0. The van der Waals surface area contributed by atoms with Crippen molar-refractivity contribution < 1.29 is 4.79 Å². The second-order valence-corrected chi connectivity index (χ2v) is 8.49. The molecule has 146 valence electrons. The molecule has 5 rings (SSSR count). The van der Waals surface area contributed by atoms with E-state index in [2.05, 4.69) is 27.9 Å². The summed E-state index contributed by atoms with van der Waals surface area (Å²) in [5, 5.41) is 3.93. The number of fused-ring (bicyclic) bond motifs is 2. The molecule has 0 fully saturated rings. The quantitative estimate of drug-likeness (QED) is 0.291. The Morgan fingerprint density at radius 3 is 2.57 bits per heavy atom. The van der Waals surface area contributed by atoms with Crippen molar-refractivity contribution in [3.63, 3.8) is 0 Å². The molecule has 1 amide bonds. The minimum Gasteiger partial charge on any atom is -0.321 e. The highest BCUT2D eigenvalue weighted by atomic mass is 127. The fraction of sp³-hybridized carbons (Fsp3) is 0. The monoisotopic (exact) mass is 525 g/mol. The van der Waals surface area contributed by atoms with E-state index < -0.39 is 0 Å². The van der Waals surface area contributed by atoms with E-state index in [1.165, 1.54) is 4.57 Å². The molecule has 0 atom stereocenters. The molecule has 2 heterocycles. The SMILES string of the molecule is O=C1Nc2ccccc2/C1=C/c1nc2ccc(I)cc2c(=O)n1-c1ccc(Cl)cc1. The predicted octanol–water partition coefficient (Wildman–Crippen LogP) is 5.14. The molecule has 5 nitrogen and oxygen atoms in total. The summed E-state index contributed by atoms with van der Waals surface area (Å²) in [6, 6.07) is 19.9. The first-order valence-corrected chi connectivity index (χ1v) is 10.6. The molecule has 1 aliphatic rings. The summed E-state index contributed by atoms with van der Waals surface area (Å²) in [5.41, 5.74) is 2.97. The summed E-state index contributed by atoms with van der Waals surface area (Å²) in [7, 11) is 0. The van der Waals surface area contributed by atoms with E-state index in [0.29, 0.717) is 33.0 Å². The molecule has 0 bridgehead atoms. The number of para-hydroxylation sites is 1. The van der Waals surface area contributed by atoms with Gasteiger partial charge in [0.1, 0.15) is 5.82 Å². The third-order valence-electron chi connectivity index (χ3n) is 4.92. The minimum atomic E-state index is -0.226. The van der Waals surface area contributed by atoms with Gasteiger partial charge in [-0.2, -0.15) is 0 Å². The molecule has 30 heavy (non-hydrogen) atoms. The summed E-state index contributed by atoms with van der Waals surface area (Å²) < 4.78 is 2.45. The Labute approximate surface area is 190 Å². The van der Waals surface area contributed by atoms with Gasteiger partial charge in [-0.25, -0.2) is 4.98 Å². The number of amides is 1. The largest absolute Gasteiger partial charge is 0.321 e. The Hall–Kier alpha value is -2.97. The number of halogens is 2. The lowest BCUT2D eigenvalue weighted by atomic mass is 10.1. The van der Waals surface area contributed by atoms with Gasteiger partial charge in [-0.3, -0.25) is 14.2 Å². The normalized spacial score (nSPS) is 14.2. The van der Waals surface area contributed by atoms with Crippen molar-refractivity contribution in [3.8, 4) is 5.69 Å². The second kappa shape index (κ2) is 7.37. The number of nitrogens with one attached hydrogen (secondary N) is 1. The fourth-order valence-electron chi connectivity index (χ4n) is 3.52. The van der Waals surface area contributed by atoms with E-state index in [0.717, 1.165) is 14.8 Å². The lowest BCUT2D eigenvalue weighted by Crippen LogP contribution is -2.22. The maximum atomic E-state index is 13.4. The van der Waals surface area contributed by atoms with Crippen LogP contribution >= 0.6 is 34.2 Å². The van der Waals surface area contributed by atoms with Crippen LogP contribution in [0.1, 0.15) is 11.4 Å². The highest BCUT2D eigenvalue weighted by Gasteiger charge is 2.24. The summed E-state index contributed by atoms with van der Waals surface area (Å²) in [6.07, 6.45) is 1.66. The average molecular weight is 526 g/mol. The average Bonchev–Trinajstić information content (AvgIpc) is 3.05. The number of carbonyl (C=O) groups is 1. The third kappa shape index (κ3) is 3.22. The molecule has 1 aliphatic heterocycles. The summed E-state index contributed by atoms with van der Waals surface area (Å²) in [4.78, 5) is 30.8. The van der Waals surface area contributed by atoms with Crippen LogP contribution < -0.4 is 10.9 Å². The number of nitrogens with zero attached hydrogens (tertiary/aromatic N) is 2. The van der Waals surface area contributed by atoms with Gasteiger partial charge in [-0.15, -0.1) is 0 Å². The van der Waals surface area contributed by atoms with Gasteiger partial charge >= 0.3 is 0 Å². The molecular weight excluding hydrogens is 513 g/mol. The molecule has 1 aromatic heterocycles. The van der Waals surface area contributed by atoms with E-state index in [4.69, 9.17) is 16.6 Å². The van der Waals surface area contributed by atoms with E-state index >= 15 is 0 Å². The maximum absolute atomic E-state index is 13.4. The number of rotatable bonds is 2. The van der Waals surface area contributed by atoms with Gasteiger partial charge in [-0.05, 0) is 77.2 Å². The van der Waals surface area contributed by atoms with Gasteiger partial charge in [0.05, 0.1) is 22.2 Å². The number of anilines is 1. The predicted molar refractivity (Wildman–Crippen MR) is 128 cm³/mol. The van der Waals surface area contributed by atoms with Crippen LogP contribution in [0.5, 0.6) is 0 Å². The van der Waals surface area contributed by atoms with Gasteiger partial charge in [0.15, 0.2) is 0 Å². The lowest BCUT2D eigenvalue weighted by Gasteiger charge is -2.12. The topological polar surface area (TPSA) is 64.0 Å². The van der Waals surface area contributed by atoms with Crippen molar-refractivity contribution in [1.82, 2.24) is 9.55 Å². The number of carbonyl (C=O) groups excluding carboxylic acids is 1. The van der Waals surface area contributed by atoms with Gasteiger partial charge in [0.2, 0.25) is 0 Å². The first-order chi connectivity index (χ1) is 14.5. The summed E-state index contributed by atoms with van der Waals surface area (Å²) >= 11 is 8.21. The van der Waals surface area contributed by atoms with Gasteiger partial charge in [0.25, 0.3) is 11.5 Å². The highest BCUT2D eigenvalue weighted by molar-refractivity contribution is 14.1. The number of aromatic nitrogens is 2. The highest BCUT2D eigenvalue weighted by Crippen LogP contribution is 2.32. The van der Waals surface area contributed by atoms with Crippen LogP contribution in [0.2, 0.25) is 5.02 Å².